The van der Waals surface area contributed by atoms with Gasteiger partial charge in [0.25, 0.3) is 5.91 Å². The number of anilines is 2. The highest BCUT2D eigenvalue weighted by Crippen LogP contribution is 2.29. The first-order chi connectivity index (χ1) is 18.5. The number of phenolic OH excluding ortho intramolecular Hbond substituents is 2. The molecule has 0 saturated heterocycles. The molecule has 0 bridgehead atoms. The fraction of sp³-hybridized carbons (Fsp3) is 0.100. The van der Waals surface area contributed by atoms with Crippen LogP contribution in [0.25, 0.3) is 0 Å². The lowest BCUT2D eigenvalue weighted by Gasteiger charge is -2.26. The van der Waals surface area contributed by atoms with Crippen LogP contribution in [0.2, 0.25) is 0 Å². The van der Waals surface area contributed by atoms with Crippen LogP contribution in [0.5, 0.6) is 11.5 Å². The van der Waals surface area contributed by atoms with E-state index in [1.807, 2.05) is 24.3 Å². The van der Waals surface area contributed by atoms with E-state index in [4.69, 9.17) is 0 Å². The number of aliphatic imine (C=N–C) groups is 1. The van der Waals surface area contributed by atoms with E-state index in [2.05, 4.69) is 20.9 Å². The summed E-state index contributed by atoms with van der Waals surface area (Å²) in [5.74, 6) is -0.841. The minimum absolute atomic E-state index is 0.00720. The van der Waals surface area contributed by atoms with Crippen LogP contribution in [-0.2, 0) is 9.59 Å². The zero-order valence-electron chi connectivity index (χ0n) is 20.5. The van der Waals surface area contributed by atoms with Crippen LogP contribution in [0.1, 0.15) is 17.2 Å². The van der Waals surface area contributed by atoms with Gasteiger partial charge in [0.1, 0.15) is 17.5 Å². The summed E-state index contributed by atoms with van der Waals surface area (Å²) in [6.45, 7) is -0.158. The Morgan fingerprint density at radius 1 is 0.711 bits per heavy atom. The molecule has 0 aliphatic rings. The molecular formula is C30H28N4O4. The highest BCUT2D eigenvalue weighted by atomic mass is 16.3. The van der Waals surface area contributed by atoms with Crippen molar-refractivity contribution in [3.05, 3.63) is 120 Å². The lowest BCUT2D eigenvalue weighted by atomic mass is 9.97. The van der Waals surface area contributed by atoms with Gasteiger partial charge in [0.05, 0.1) is 12.6 Å². The number of phenols is 2. The maximum absolute atomic E-state index is 13.6. The largest absolute Gasteiger partial charge is 0.508 e. The summed E-state index contributed by atoms with van der Waals surface area (Å²) >= 11 is 0. The van der Waals surface area contributed by atoms with Gasteiger partial charge >= 0.3 is 0 Å². The van der Waals surface area contributed by atoms with Crippen molar-refractivity contribution in [2.45, 2.75) is 12.1 Å². The molecule has 0 heterocycles. The third kappa shape index (κ3) is 7.05. The number of nitrogens with zero attached hydrogens (tertiary/aromatic N) is 1. The smallest absolute Gasteiger partial charge is 0.251 e. The van der Waals surface area contributed by atoms with Crippen molar-refractivity contribution < 1.29 is 19.8 Å². The number of hydrogen-bond acceptors (Lipinski definition) is 6. The second kappa shape index (κ2) is 12.8. The van der Waals surface area contributed by atoms with Crippen molar-refractivity contribution in [3.8, 4) is 11.5 Å². The molecule has 4 aromatic carbocycles. The summed E-state index contributed by atoms with van der Waals surface area (Å²) in [4.78, 5) is 30.8. The number of carbonyl (C=O) groups is 2. The third-order valence-electron chi connectivity index (χ3n) is 5.75. The van der Waals surface area contributed by atoms with E-state index >= 15 is 0 Å². The Kier molecular flexibility index (Phi) is 8.83. The van der Waals surface area contributed by atoms with Crippen molar-refractivity contribution in [1.29, 1.82) is 0 Å². The van der Waals surface area contributed by atoms with Gasteiger partial charge < -0.3 is 20.8 Å². The standard InChI is InChI=1S/C30H28N4O4/c35-25-17-9-7-11-21(25)19-31-29(30(38)34-23-14-5-2-6-15-23)28(24-16-8-10-18-26(24)36)32-20-27(37)33-22-12-3-1-4-13-22/h1-19,28-29,32,35-36H,20H2,(H,33,37)(H,34,38). The van der Waals surface area contributed by atoms with Crippen molar-refractivity contribution >= 4 is 29.4 Å². The number of nitrogens with one attached hydrogen (secondary N) is 3. The monoisotopic (exact) mass is 508 g/mol. The number of rotatable bonds is 10. The van der Waals surface area contributed by atoms with Crippen molar-refractivity contribution in [2.24, 2.45) is 4.99 Å². The Labute approximate surface area is 220 Å². The van der Waals surface area contributed by atoms with Gasteiger partial charge in [0.2, 0.25) is 5.91 Å². The summed E-state index contributed by atoms with van der Waals surface area (Å²) in [6.07, 6.45) is 1.41. The van der Waals surface area contributed by atoms with E-state index in [1.54, 1.807) is 72.8 Å². The minimum Gasteiger partial charge on any atom is -0.508 e. The van der Waals surface area contributed by atoms with E-state index in [1.165, 1.54) is 18.3 Å². The van der Waals surface area contributed by atoms with Crippen LogP contribution >= 0.6 is 0 Å². The SMILES string of the molecule is O=C(CNC(c1ccccc1O)C(N=Cc1ccccc1O)C(=O)Nc1ccccc1)Nc1ccccc1. The van der Waals surface area contributed by atoms with Crippen LogP contribution in [-0.4, -0.2) is 40.8 Å². The van der Waals surface area contributed by atoms with Crippen LogP contribution in [0.15, 0.2) is 114 Å². The molecular weight excluding hydrogens is 480 g/mol. The van der Waals surface area contributed by atoms with E-state index < -0.39 is 18.0 Å². The Morgan fingerprint density at radius 2 is 1.26 bits per heavy atom. The molecule has 5 N–H and O–H groups in total. The zero-order valence-corrected chi connectivity index (χ0v) is 20.5. The van der Waals surface area contributed by atoms with Crippen LogP contribution in [0.3, 0.4) is 0 Å². The van der Waals surface area contributed by atoms with E-state index in [-0.39, 0.29) is 24.0 Å². The molecule has 0 aliphatic carbocycles. The summed E-state index contributed by atoms with van der Waals surface area (Å²) in [5.41, 5.74) is 2.01. The van der Waals surface area contributed by atoms with Crippen LogP contribution in [0.4, 0.5) is 11.4 Å². The average Bonchev–Trinajstić information content (AvgIpc) is 2.93. The van der Waals surface area contributed by atoms with Gasteiger partial charge in [0.15, 0.2) is 0 Å². The predicted molar refractivity (Wildman–Crippen MR) is 148 cm³/mol. The lowest BCUT2D eigenvalue weighted by Crippen LogP contribution is -2.42. The predicted octanol–water partition coefficient (Wildman–Crippen LogP) is 4.49. The first kappa shape index (κ1) is 26.1. The second-order valence-electron chi connectivity index (χ2n) is 8.47. The molecule has 2 atom stereocenters. The Bertz CT molecular complexity index is 1390. The normalized spacial score (nSPS) is 12.5. The molecule has 38 heavy (non-hydrogen) atoms. The summed E-state index contributed by atoms with van der Waals surface area (Å²) < 4.78 is 0. The summed E-state index contributed by atoms with van der Waals surface area (Å²) in [7, 11) is 0. The van der Waals surface area contributed by atoms with Gasteiger partial charge in [0, 0.05) is 28.7 Å². The topological polar surface area (TPSA) is 123 Å². The Balaban J connectivity index is 1.66. The van der Waals surface area contributed by atoms with Gasteiger partial charge in [-0.3, -0.25) is 19.9 Å². The molecule has 2 unspecified atom stereocenters. The Hall–Kier alpha value is -4.95. The van der Waals surface area contributed by atoms with Gasteiger partial charge in [-0.1, -0.05) is 66.7 Å². The Morgan fingerprint density at radius 3 is 1.89 bits per heavy atom. The number of amides is 2. The molecule has 0 aliphatic heterocycles. The molecule has 2 amide bonds. The van der Waals surface area contributed by atoms with Gasteiger partial charge in [-0.05, 0) is 42.5 Å². The molecule has 4 rings (SSSR count). The number of benzene rings is 4. The summed E-state index contributed by atoms with van der Waals surface area (Å²) in [5, 5.41) is 29.6. The molecule has 192 valence electrons. The molecule has 0 aromatic heterocycles. The number of aromatic hydroxyl groups is 2. The fourth-order valence-electron chi connectivity index (χ4n) is 3.87. The number of para-hydroxylation sites is 4. The van der Waals surface area contributed by atoms with Crippen LogP contribution in [0, 0.1) is 0 Å². The maximum Gasteiger partial charge on any atom is 0.251 e. The molecule has 8 nitrogen and oxygen atoms in total. The van der Waals surface area contributed by atoms with Crippen molar-refractivity contribution in [3.63, 3.8) is 0 Å². The maximum atomic E-state index is 13.6. The van der Waals surface area contributed by atoms with E-state index in [9.17, 15) is 19.8 Å². The second-order valence-corrected chi connectivity index (χ2v) is 8.47. The van der Waals surface area contributed by atoms with Crippen molar-refractivity contribution in [2.75, 3.05) is 17.2 Å². The van der Waals surface area contributed by atoms with Crippen molar-refractivity contribution in [1.82, 2.24) is 5.32 Å². The van der Waals surface area contributed by atoms with Gasteiger partial charge in [-0.25, -0.2) is 0 Å². The van der Waals surface area contributed by atoms with E-state index in [0.717, 1.165) is 0 Å². The third-order valence-corrected chi connectivity index (χ3v) is 5.75. The lowest BCUT2D eigenvalue weighted by molar-refractivity contribution is -0.119. The highest BCUT2D eigenvalue weighted by molar-refractivity contribution is 5.98. The first-order valence-electron chi connectivity index (χ1n) is 12.0. The molecule has 4 aromatic rings. The number of carbonyl (C=O) groups excluding carboxylic acids is 2. The first-order valence-corrected chi connectivity index (χ1v) is 12.0. The highest BCUT2D eigenvalue weighted by Gasteiger charge is 2.31. The molecule has 0 saturated carbocycles. The molecule has 8 heteroatoms. The molecule has 0 spiro atoms. The fourth-order valence-corrected chi connectivity index (χ4v) is 3.87. The molecule has 0 fully saturated rings. The minimum atomic E-state index is -1.12. The number of hydrogen-bond donors (Lipinski definition) is 5. The molecule has 0 radical (unpaired) electrons. The summed E-state index contributed by atoms with van der Waals surface area (Å²) in [6, 6.07) is 29.1. The zero-order chi connectivity index (χ0) is 26.7. The van der Waals surface area contributed by atoms with Crippen LogP contribution < -0.4 is 16.0 Å². The van der Waals surface area contributed by atoms with Gasteiger partial charge in [-0.15, -0.1) is 0 Å². The average molecular weight is 509 g/mol. The van der Waals surface area contributed by atoms with Gasteiger partial charge in [-0.2, -0.15) is 0 Å². The van der Waals surface area contributed by atoms with E-state index in [0.29, 0.717) is 22.5 Å². The quantitative estimate of drug-likeness (QED) is 0.202.